The molecule has 0 saturated carbocycles. The monoisotopic (exact) mass is 339 g/mol. The summed E-state index contributed by atoms with van der Waals surface area (Å²) in [6.45, 7) is 2.98. The molecule has 2 amide bonds. The van der Waals surface area contributed by atoms with Gasteiger partial charge in [-0.05, 0) is 30.7 Å². The molecule has 0 aliphatic carbocycles. The largest absolute Gasteiger partial charge is 0.382 e. The minimum atomic E-state index is -0.295. The maximum absolute atomic E-state index is 12.0. The van der Waals surface area contributed by atoms with Crippen LogP contribution in [0, 0.1) is 0 Å². The summed E-state index contributed by atoms with van der Waals surface area (Å²) in [5, 5.41) is 10.9. The number of benzene rings is 1. The van der Waals surface area contributed by atoms with Crippen LogP contribution >= 0.6 is 0 Å². The number of carbonyl (C=O) groups excluding carboxylic acids is 1. The van der Waals surface area contributed by atoms with Crippen LogP contribution < -0.4 is 10.6 Å². The van der Waals surface area contributed by atoms with E-state index in [4.69, 9.17) is 4.74 Å². The van der Waals surface area contributed by atoms with Gasteiger partial charge in [0.15, 0.2) is 5.82 Å². The third kappa shape index (κ3) is 4.33. The number of aromatic nitrogens is 3. The van der Waals surface area contributed by atoms with E-state index in [1.165, 1.54) is 0 Å². The van der Waals surface area contributed by atoms with Gasteiger partial charge in [-0.1, -0.05) is 12.1 Å². The van der Waals surface area contributed by atoms with Gasteiger partial charge in [0.1, 0.15) is 0 Å². The smallest absolute Gasteiger partial charge is 0.320 e. The molecular formula is C18H21N5O2. The van der Waals surface area contributed by atoms with Crippen LogP contribution in [-0.4, -0.2) is 34.5 Å². The fourth-order valence-corrected chi connectivity index (χ4v) is 2.55. The number of amides is 2. The number of carbonyl (C=O) groups is 1. The van der Waals surface area contributed by atoms with Gasteiger partial charge in [0, 0.05) is 37.5 Å². The molecule has 0 spiro atoms. The summed E-state index contributed by atoms with van der Waals surface area (Å²) in [6, 6.07) is 11.4. The molecular weight excluding hydrogens is 318 g/mol. The summed E-state index contributed by atoms with van der Waals surface area (Å²) in [7, 11) is 1.65. The molecule has 25 heavy (non-hydrogen) atoms. The number of anilines is 1. The summed E-state index contributed by atoms with van der Waals surface area (Å²) in [6.07, 6.45) is 3.58. The molecule has 2 N–H and O–H groups in total. The second-order valence-electron chi connectivity index (χ2n) is 5.82. The molecule has 130 valence electrons. The molecule has 0 unspecified atom stereocenters. The summed E-state index contributed by atoms with van der Waals surface area (Å²) >= 11 is 0. The minimum absolute atomic E-state index is 0.106. The molecule has 2 heterocycles. The first kappa shape index (κ1) is 16.9. The lowest BCUT2D eigenvalue weighted by Gasteiger charge is -2.10. The van der Waals surface area contributed by atoms with Crippen LogP contribution in [0.1, 0.15) is 18.5 Å². The molecule has 7 nitrogen and oxygen atoms in total. The molecule has 2 aromatic heterocycles. The summed E-state index contributed by atoms with van der Waals surface area (Å²) in [5.74, 6) is 0.503. The van der Waals surface area contributed by atoms with Gasteiger partial charge in [-0.25, -0.2) is 4.79 Å². The number of rotatable bonds is 6. The van der Waals surface area contributed by atoms with Crippen molar-refractivity contribution < 1.29 is 9.53 Å². The van der Waals surface area contributed by atoms with Crippen molar-refractivity contribution in [3.63, 3.8) is 0 Å². The molecule has 0 saturated heterocycles. The molecule has 1 atom stereocenters. The maximum atomic E-state index is 12.0. The second kappa shape index (κ2) is 7.76. The number of methoxy groups -OCH3 is 1. The van der Waals surface area contributed by atoms with Crippen molar-refractivity contribution in [1.29, 1.82) is 0 Å². The number of nitrogens with zero attached hydrogens (tertiary/aromatic N) is 3. The van der Waals surface area contributed by atoms with Gasteiger partial charge < -0.3 is 10.1 Å². The van der Waals surface area contributed by atoms with Crippen molar-refractivity contribution in [2.45, 2.75) is 19.5 Å². The standard InChI is InChI=1S/C18H21N5O2/c1-13(12-25-2)23-9-7-17(22-23)21-18(24)20-11-14-5-6-16-15(10-14)4-3-8-19-16/h3-10,13H,11-12H2,1-2H3,(H2,20,21,22,24)/t13-/m1/s1. The maximum Gasteiger partial charge on any atom is 0.320 e. The summed E-state index contributed by atoms with van der Waals surface area (Å²) < 4.78 is 6.86. The Morgan fingerprint density at radius 3 is 3.04 bits per heavy atom. The zero-order chi connectivity index (χ0) is 17.6. The van der Waals surface area contributed by atoms with Gasteiger partial charge in [-0.2, -0.15) is 5.10 Å². The number of hydrogen-bond donors (Lipinski definition) is 2. The van der Waals surface area contributed by atoms with Crippen LogP contribution in [-0.2, 0) is 11.3 Å². The van der Waals surface area contributed by atoms with Crippen molar-refractivity contribution in [2.75, 3.05) is 19.0 Å². The van der Waals surface area contributed by atoms with Gasteiger partial charge >= 0.3 is 6.03 Å². The SMILES string of the molecule is COC[C@@H](C)n1ccc(NC(=O)NCc2ccc3ncccc3c2)n1. The Labute approximate surface area is 146 Å². The van der Waals surface area contributed by atoms with E-state index in [1.54, 1.807) is 24.1 Å². The Balaban J connectivity index is 1.55. The van der Waals surface area contributed by atoms with E-state index in [2.05, 4.69) is 20.7 Å². The van der Waals surface area contributed by atoms with E-state index in [-0.39, 0.29) is 12.1 Å². The Kier molecular flexibility index (Phi) is 5.25. The van der Waals surface area contributed by atoms with Crippen molar-refractivity contribution in [3.05, 3.63) is 54.4 Å². The molecule has 3 rings (SSSR count). The van der Waals surface area contributed by atoms with Crippen molar-refractivity contribution >= 4 is 22.8 Å². The lowest BCUT2D eigenvalue weighted by atomic mass is 10.1. The first-order valence-electron chi connectivity index (χ1n) is 8.08. The van der Waals surface area contributed by atoms with Crippen LogP contribution in [0.4, 0.5) is 10.6 Å². The van der Waals surface area contributed by atoms with Gasteiger partial charge in [0.2, 0.25) is 0 Å². The lowest BCUT2D eigenvalue weighted by Crippen LogP contribution is -2.28. The number of urea groups is 1. The quantitative estimate of drug-likeness (QED) is 0.723. The molecule has 0 aliphatic heterocycles. The van der Waals surface area contributed by atoms with Crippen LogP contribution in [0.15, 0.2) is 48.8 Å². The summed E-state index contributed by atoms with van der Waals surface area (Å²) in [5.41, 5.74) is 1.95. The van der Waals surface area contributed by atoms with Gasteiger partial charge in [0.25, 0.3) is 0 Å². The lowest BCUT2D eigenvalue weighted by molar-refractivity contribution is 0.157. The highest BCUT2D eigenvalue weighted by Gasteiger charge is 2.08. The number of hydrogen-bond acceptors (Lipinski definition) is 4. The van der Waals surface area contributed by atoms with E-state index in [1.807, 2.05) is 43.5 Å². The topological polar surface area (TPSA) is 81.1 Å². The third-order valence-electron chi connectivity index (χ3n) is 3.83. The number of pyridine rings is 1. The fourth-order valence-electron chi connectivity index (χ4n) is 2.55. The number of ether oxygens (including phenoxy) is 1. The predicted octanol–water partition coefficient (Wildman–Crippen LogP) is 2.96. The average Bonchev–Trinajstić information content (AvgIpc) is 3.08. The Bertz CT molecular complexity index is 861. The molecule has 0 radical (unpaired) electrons. The molecule has 0 bridgehead atoms. The van der Waals surface area contributed by atoms with Gasteiger partial charge in [-0.3, -0.25) is 15.0 Å². The van der Waals surface area contributed by atoms with E-state index in [0.717, 1.165) is 16.5 Å². The highest BCUT2D eigenvalue weighted by molar-refractivity contribution is 5.88. The van der Waals surface area contributed by atoms with E-state index >= 15 is 0 Å². The molecule has 3 aromatic rings. The van der Waals surface area contributed by atoms with Crippen LogP contribution in [0.5, 0.6) is 0 Å². The molecule has 7 heteroatoms. The number of fused-ring (bicyclic) bond motifs is 1. The normalized spacial score (nSPS) is 12.1. The Hall–Kier alpha value is -2.93. The van der Waals surface area contributed by atoms with Crippen LogP contribution in [0.3, 0.4) is 0 Å². The first-order chi connectivity index (χ1) is 12.2. The zero-order valence-electron chi connectivity index (χ0n) is 14.3. The van der Waals surface area contributed by atoms with E-state index < -0.39 is 0 Å². The van der Waals surface area contributed by atoms with Crippen molar-refractivity contribution in [1.82, 2.24) is 20.1 Å². The molecule has 0 aliphatic rings. The van der Waals surface area contributed by atoms with Crippen molar-refractivity contribution in [2.24, 2.45) is 0 Å². The van der Waals surface area contributed by atoms with Gasteiger partial charge in [-0.15, -0.1) is 0 Å². The average molecular weight is 339 g/mol. The molecule has 0 fully saturated rings. The highest BCUT2D eigenvalue weighted by atomic mass is 16.5. The first-order valence-corrected chi connectivity index (χ1v) is 8.08. The van der Waals surface area contributed by atoms with Crippen molar-refractivity contribution in [3.8, 4) is 0 Å². The van der Waals surface area contributed by atoms with Crippen LogP contribution in [0.2, 0.25) is 0 Å². The number of nitrogens with one attached hydrogen (secondary N) is 2. The Morgan fingerprint density at radius 2 is 2.20 bits per heavy atom. The van der Waals surface area contributed by atoms with Crippen LogP contribution in [0.25, 0.3) is 10.9 Å². The second-order valence-corrected chi connectivity index (χ2v) is 5.82. The molecule has 1 aromatic carbocycles. The fraction of sp³-hybridized carbons (Fsp3) is 0.278. The van der Waals surface area contributed by atoms with Gasteiger partial charge in [0.05, 0.1) is 18.2 Å². The third-order valence-corrected chi connectivity index (χ3v) is 3.83. The predicted molar refractivity (Wildman–Crippen MR) is 96.4 cm³/mol. The summed E-state index contributed by atoms with van der Waals surface area (Å²) in [4.78, 5) is 16.3. The minimum Gasteiger partial charge on any atom is -0.382 e. The Morgan fingerprint density at radius 1 is 1.32 bits per heavy atom. The highest BCUT2D eigenvalue weighted by Crippen LogP contribution is 2.13. The zero-order valence-corrected chi connectivity index (χ0v) is 14.3. The van der Waals surface area contributed by atoms with E-state index in [0.29, 0.717) is 19.0 Å². The van der Waals surface area contributed by atoms with E-state index in [9.17, 15) is 4.79 Å².